The summed E-state index contributed by atoms with van der Waals surface area (Å²) in [6.07, 6.45) is -0.423. The van der Waals surface area contributed by atoms with Crippen LogP contribution in [0.5, 0.6) is 0 Å². The van der Waals surface area contributed by atoms with Crippen molar-refractivity contribution in [2.75, 3.05) is 19.0 Å². The van der Waals surface area contributed by atoms with Crippen molar-refractivity contribution in [1.29, 1.82) is 0 Å². The number of halogens is 1. The Kier molecular flexibility index (Phi) is 6.83. The second-order valence-corrected chi connectivity index (χ2v) is 4.66. The lowest BCUT2D eigenvalue weighted by atomic mass is 10.2. The summed E-state index contributed by atoms with van der Waals surface area (Å²) in [5, 5.41) is 8.86. The van der Waals surface area contributed by atoms with Crippen LogP contribution >= 0.6 is 11.8 Å². The molecule has 0 amide bonds. The van der Waals surface area contributed by atoms with E-state index in [1.54, 1.807) is 0 Å². The van der Waals surface area contributed by atoms with Crippen molar-refractivity contribution in [3.05, 3.63) is 29.6 Å². The van der Waals surface area contributed by atoms with Crippen LogP contribution in [0.3, 0.4) is 0 Å². The number of ether oxygens (including phenoxy) is 2. The van der Waals surface area contributed by atoms with E-state index in [1.165, 1.54) is 23.9 Å². The van der Waals surface area contributed by atoms with Gasteiger partial charge in [0, 0.05) is 23.9 Å². The van der Waals surface area contributed by atoms with Gasteiger partial charge in [-0.1, -0.05) is 0 Å². The fourth-order valence-corrected chi connectivity index (χ4v) is 2.35. The smallest absolute Gasteiger partial charge is 0.335 e. The Morgan fingerprint density at radius 1 is 1.37 bits per heavy atom. The topological polar surface area (TPSA) is 55.8 Å². The summed E-state index contributed by atoms with van der Waals surface area (Å²) < 4.78 is 24.2. The maximum atomic E-state index is 13.6. The van der Waals surface area contributed by atoms with E-state index in [-0.39, 0.29) is 10.5 Å². The van der Waals surface area contributed by atoms with E-state index in [0.29, 0.717) is 19.0 Å². The van der Waals surface area contributed by atoms with Crippen LogP contribution in [0.4, 0.5) is 4.39 Å². The van der Waals surface area contributed by atoms with E-state index >= 15 is 0 Å². The third kappa shape index (κ3) is 5.18. The lowest BCUT2D eigenvalue weighted by Gasteiger charge is -2.16. The molecule has 0 saturated carbocycles. The van der Waals surface area contributed by atoms with Gasteiger partial charge in [-0.15, -0.1) is 11.8 Å². The number of aromatic carboxylic acids is 1. The highest BCUT2D eigenvalue weighted by molar-refractivity contribution is 7.99. The van der Waals surface area contributed by atoms with E-state index in [1.807, 2.05) is 13.8 Å². The first-order valence-electron chi connectivity index (χ1n) is 5.97. The summed E-state index contributed by atoms with van der Waals surface area (Å²) >= 11 is 1.18. The third-order valence-electron chi connectivity index (χ3n) is 2.26. The fourth-order valence-electron chi connectivity index (χ4n) is 1.42. The summed E-state index contributed by atoms with van der Waals surface area (Å²) in [5.74, 6) is -1.11. The van der Waals surface area contributed by atoms with E-state index in [9.17, 15) is 9.18 Å². The van der Waals surface area contributed by atoms with E-state index in [2.05, 4.69) is 0 Å². The molecular formula is C13H17FO4S. The summed E-state index contributed by atoms with van der Waals surface area (Å²) in [5.41, 5.74) is 0.0632. The number of hydrogen-bond donors (Lipinski definition) is 1. The van der Waals surface area contributed by atoms with Crippen LogP contribution in [-0.2, 0) is 9.47 Å². The predicted octanol–water partition coefficient (Wildman–Crippen LogP) is 3.02. The molecule has 0 aliphatic carbocycles. The molecule has 6 heteroatoms. The quantitative estimate of drug-likeness (QED) is 0.588. The van der Waals surface area contributed by atoms with E-state index < -0.39 is 18.1 Å². The van der Waals surface area contributed by atoms with Crippen LogP contribution in [-0.4, -0.2) is 36.3 Å². The van der Waals surface area contributed by atoms with Crippen LogP contribution in [0.15, 0.2) is 23.1 Å². The van der Waals surface area contributed by atoms with Gasteiger partial charge in [0.25, 0.3) is 0 Å². The van der Waals surface area contributed by atoms with Gasteiger partial charge in [-0.2, -0.15) is 0 Å². The van der Waals surface area contributed by atoms with Gasteiger partial charge in [-0.05, 0) is 32.0 Å². The lowest BCUT2D eigenvalue weighted by Crippen LogP contribution is -2.20. The molecule has 0 heterocycles. The average Bonchev–Trinajstić information content (AvgIpc) is 2.37. The van der Waals surface area contributed by atoms with Gasteiger partial charge in [0.1, 0.15) is 5.82 Å². The van der Waals surface area contributed by atoms with Crippen molar-refractivity contribution >= 4 is 17.7 Å². The molecule has 0 bridgehead atoms. The Morgan fingerprint density at radius 2 is 2.00 bits per heavy atom. The molecule has 0 unspecified atom stereocenters. The molecule has 1 N–H and O–H groups in total. The Hall–Kier alpha value is -1.11. The first kappa shape index (κ1) is 15.9. The SMILES string of the molecule is CCOC(CSc1cc(C(=O)O)ccc1F)OCC. The van der Waals surface area contributed by atoms with Crippen molar-refractivity contribution in [2.45, 2.75) is 25.0 Å². The van der Waals surface area contributed by atoms with E-state index in [4.69, 9.17) is 14.6 Å². The minimum atomic E-state index is -1.08. The molecule has 0 aliphatic heterocycles. The van der Waals surface area contributed by atoms with Crippen molar-refractivity contribution < 1.29 is 23.8 Å². The summed E-state index contributed by atoms with van der Waals surface area (Å²) in [6, 6.07) is 3.71. The van der Waals surface area contributed by atoms with Crippen molar-refractivity contribution in [3.63, 3.8) is 0 Å². The number of rotatable bonds is 8. The zero-order chi connectivity index (χ0) is 14.3. The molecule has 0 atom stereocenters. The monoisotopic (exact) mass is 288 g/mol. The number of thioether (sulfide) groups is 1. The predicted molar refractivity (Wildman–Crippen MR) is 71.1 cm³/mol. The summed E-state index contributed by atoms with van der Waals surface area (Å²) in [7, 11) is 0. The molecule has 1 aromatic rings. The second kappa shape index (κ2) is 8.14. The van der Waals surface area contributed by atoms with Crippen molar-refractivity contribution in [3.8, 4) is 0 Å². The van der Waals surface area contributed by atoms with E-state index in [0.717, 1.165) is 6.07 Å². The molecule has 4 nitrogen and oxygen atoms in total. The van der Waals surface area contributed by atoms with Gasteiger partial charge in [0.2, 0.25) is 0 Å². The fraction of sp³-hybridized carbons (Fsp3) is 0.462. The highest BCUT2D eigenvalue weighted by Crippen LogP contribution is 2.24. The molecule has 1 aromatic carbocycles. The molecule has 0 aliphatic rings. The Balaban J connectivity index is 2.69. The first-order chi connectivity index (χ1) is 9.08. The number of carboxylic acids is 1. The van der Waals surface area contributed by atoms with Gasteiger partial charge in [-0.3, -0.25) is 0 Å². The van der Waals surface area contributed by atoms with Gasteiger partial charge in [0.05, 0.1) is 5.56 Å². The van der Waals surface area contributed by atoms with Gasteiger partial charge in [-0.25, -0.2) is 9.18 Å². The Bertz CT molecular complexity index is 419. The zero-order valence-electron chi connectivity index (χ0n) is 10.9. The molecule has 0 aromatic heterocycles. The zero-order valence-corrected chi connectivity index (χ0v) is 11.7. The van der Waals surface area contributed by atoms with Gasteiger partial charge < -0.3 is 14.6 Å². The minimum absolute atomic E-state index is 0.0632. The number of benzene rings is 1. The maximum Gasteiger partial charge on any atom is 0.335 e. The third-order valence-corrected chi connectivity index (χ3v) is 3.32. The van der Waals surface area contributed by atoms with Crippen LogP contribution < -0.4 is 0 Å². The second-order valence-electron chi connectivity index (χ2n) is 3.60. The van der Waals surface area contributed by atoms with Gasteiger partial charge in [0.15, 0.2) is 6.29 Å². The molecule has 19 heavy (non-hydrogen) atoms. The highest BCUT2D eigenvalue weighted by atomic mass is 32.2. The molecule has 0 fully saturated rings. The Labute approximate surface area is 115 Å². The van der Waals surface area contributed by atoms with Gasteiger partial charge >= 0.3 is 5.97 Å². The van der Waals surface area contributed by atoms with Crippen LogP contribution in [0.1, 0.15) is 24.2 Å². The summed E-state index contributed by atoms with van der Waals surface area (Å²) in [4.78, 5) is 11.1. The van der Waals surface area contributed by atoms with Crippen LogP contribution in [0.25, 0.3) is 0 Å². The molecule has 0 spiro atoms. The largest absolute Gasteiger partial charge is 0.478 e. The Morgan fingerprint density at radius 3 is 2.53 bits per heavy atom. The molecule has 1 rings (SSSR count). The average molecular weight is 288 g/mol. The lowest BCUT2D eigenvalue weighted by molar-refractivity contribution is -0.120. The minimum Gasteiger partial charge on any atom is -0.478 e. The molecule has 0 saturated heterocycles. The van der Waals surface area contributed by atoms with Crippen molar-refractivity contribution in [2.24, 2.45) is 0 Å². The molecule has 0 radical (unpaired) electrons. The number of hydrogen-bond acceptors (Lipinski definition) is 4. The molecular weight excluding hydrogens is 271 g/mol. The number of carboxylic acid groups (broad SMARTS) is 1. The highest BCUT2D eigenvalue weighted by Gasteiger charge is 2.13. The normalized spacial score (nSPS) is 10.9. The summed E-state index contributed by atoms with van der Waals surface area (Å²) in [6.45, 7) is 4.70. The first-order valence-corrected chi connectivity index (χ1v) is 6.95. The molecule has 106 valence electrons. The number of carbonyl (C=O) groups is 1. The van der Waals surface area contributed by atoms with Crippen LogP contribution in [0, 0.1) is 5.82 Å². The maximum absolute atomic E-state index is 13.6. The van der Waals surface area contributed by atoms with Crippen molar-refractivity contribution in [1.82, 2.24) is 0 Å². The standard InChI is InChI=1S/C13H17FO4S/c1-3-17-12(18-4-2)8-19-11-7-9(13(15)16)5-6-10(11)14/h5-7,12H,3-4,8H2,1-2H3,(H,15,16). The van der Waals surface area contributed by atoms with Crippen LogP contribution in [0.2, 0.25) is 0 Å².